The molecule has 0 radical (unpaired) electrons. The summed E-state index contributed by atoms with van der Waals surface area (Å²) in [4.78, 5) is 22.5. The first-order valence-electron chi connectivity index (χ1n) is 4.84. The van der Waals surface area contributed by atoms with Crippen molar-refractivity contribution in [2.24, 2.45) is 5.73 Å². The molecule has 6 nitrogen and oxygen atoms in total. The number of carboxylic acid groups (broad SMARTS) is 1. The zero-order valence-corrected chi connectivity index (χ0v) is 8.66. The molecule has 1 amide bonds. The first kappa shape index (κ1) is 11.9. The van der Waals surface area contributed by atoms with Gasteiger partial charge in [-0.2, -0.15) is 0 Å². The van der Waals surface area contributed by atoms with Crippen LogP contribution in [-0.4, -0.2) is 42.3 Å². The minimum absolute atomic E-state index is 0.0397. The Morgan fingerprint density at radius 3 is 2.47 bits per heavy atom. The van der Waals surface area contributed by atoms with Crippen LogP contribution in [0.15, 0.2) is 0 Å². The Hall–Kier alpha value is -1.14. The van der Waals surface area contributed by atoms with Crippen LogP contribution in [0.1, 0.15) is 19.3 Å². The van der Waals surface area contributed by atoms with Crippen LogP contribution in [0.3, 0.4) is 0 Å². The van der Waals surface area contributed by atoms with E-state index in [1.54, 1.807) is 0 Å². The molecule has 1 aliphatic rings. The van der Waals surface area contributed by atoms with E-state index < -0.39 is 23.5 Å². The van der Waals surface area contributed by atoms with Gasteiger partial charge in [-0.1, -0.05) is 0 Å². The van der Waals surface area contributed by atoms with Gasteiger partial charge in [-0.3, -0.25) is 4.79 Å². The van der Waals surface area contributed by atoms with Gasteiger partial charge in [-0.05, 0) is 19.3 Å². The Kier molecular flexibility index (Phi) is 3.65. The molecule has 4 N–H and O–H groups in total. The molecule has 0 aromatic heterocycles. The van der Waals surface area contributed by atoms with E-state index in [9.17, 15) is 9.59 Å². The third-order valence-electron chi connectivity index (χ3n) is 2.77. The average molecular weight is 216 g/mol. The number of nitrogens with two attached hydrogens (primary N) is 1. The number of carbonyl (C=O) groups excluding carboxylic acids is 1. The number of hydrogen-bond acceptors (Lipinski definition) is 4. The van der Waals surface area contributed by atoms with Crippen LogP contribution in [-0.2, 0) is 14.3 Å². The molecule has 0 aromatic carbocycles. The summed E-state index contributed by atoms with van der Waals surface area (Å²) in [6.45, 7) is 0.0397. The van der Waals surface area contributed by atoms with Crippen molar-refractivity contribution in [3.63, 3.8) is 0 Å². The Balaban J connectivity index is 2.59. The van der Waals surface area contributed by atoms with Gasteiger partial charge in [0.2, 0.25) is 0 Å². The number of hydrogen-bond donors (Lipinski definition) is 3. The third kappa shape index (κ3) is 2.27. The SMILES string of the molecule is COC(CN)C(=O)NC1(C(=O)O)CCC1. The molecule has 1 saturated carbocycles. The summed E-state index contributed by atoms with van der Waals surface area (Å²) in [7, 11) is 1.37. The molecular formula is C9H16N2O4. The lowest BCUT2D eigenvalue weighted by Crippen LogP contribution is -2.61. The summed E-state index contributed by atoms with van der Waals surface area (Å²) in [5, 5.41) is 11.5. The summed E-state index contributed by atoms with van der Waals surface area (Å²) in [6, 6.07) is 0. The molecule has 0 spiro atoms. The summed E-state index contributed by atoms with van der Waals surface area (Å²) < 4.78 is 4.83. The Bertz CT molecular complexity index is 259. The van der Waals surface area contributed by atoms with Crippen molar-refractivity contribution in [3.05, 3.63) is 0 Å². The van der Waals surface area contributed by atoms with E-state index >= 15 is 0 Å². The monoisotopic (exact) mass is 216 g/mol. The molecule has 15 heavy (non-hydrogen) atoms. The fourth-order valence-corrected chi connectivity index (χ4v) is 1.55. The topological polar surface area (TPSA) is 102 Å². The second-order valence-corrected chi connectivity index (χ2v) is 3.69. The molecule has 0 heterocycles. The molecule has 0 saturated heterocycles. The molecule has 0 aromatic rings. The smallest absolute Gasteiger partial charge is 0.329 e. The largest absolute Gasteiger partial charge is 0.480 e. The first-order valence-corrected chi connectivity index (χ1v) is 4.84. The molecule has 1 rings (SSSR count). The highest BCUT2D eigenvalue weighted by molar-refractivity contribution is 5.89. The molecule has 0 bridgehead atoms. The molecule has 1 atom stereocenters. The molecule has 6 heteroatoms. The van der Waals surface area contributed by atoms with Gasteiger partial charge in [0.25, 0.3) is 5.91 Å². The molecule has 86 valence electrons. The number of methoxy groups -OCH3 is 1. The Morgan fingerprint density at radius 1 is 1.60 bits per heavy atom. The van der Waals surface area contributed by atoms with Gasteiger partial charge in [0.05, 0.1) is 0 Å². The maximum atomic E-state index is 11.5. The number of amides is 1. The van der Waals surface area contributed by atoms with Crippen LogP contribution in [0.2, 0.25) is 0 Å². The van der Waals surface area contributed by atoms with E-state index in [0.29, 0.717) is 12.8 Å². The fourth-order valence-electron chi connectivity index (χ4n) is 1.55. The predicted molar refractivity (Wildman–Crippen MR) is 52.2 cm³/mol. The lowest BCUT2D eigenvalue weighted by molar-refractivity contribution is -0.153. The van der Waals surface area contributed by atoms with Gasteiger partial charge >= 0.3 is 5.97 Å². The van der Waals surface area contributed by atoms with E-state index in [0.717, 1.165) is 6.42 Å². The van der Waals surface area contributed by atoms with E-state index in [1.807, 2.05) is 0 Å². The van der Waals surface area contributed by atoms with Crippen molar-refractivity contribution in [2.45, 2.75) is 30.9 Å². The number of aliphatic carboxylic acids is 1. The standard InChI is InChI=1S/C9H16N2O4/c1-15-6(5-10)7(12)11-9(8(13)14)3-2-4-9/h6H,2-5,10H2,1H3,(H,11,12)(H,13,14). The highest BCUT2D eigenvalue weighted by Gasteiger charge is 2.46. The van der Waals surface area contributed by atoms with Crippen molar-refractivity contribution in [3.8, 4) is 0 Å². The average Bonchev–Trinajstić information content (AvgIpc) is 2.12. The highest BCUT2D eigenvalue weighted by Crippen LogP contribution is 2.32. The van der Waals surface area contributed by atoms with Crippen molar-refractivity contribution < 1.29 is 19.4 Å². The number of nitrogens with one attached hydrogen (secondary N) is 1. The van der Waals surface area contributed by atoms with Gasteiger partial charge in [-0.25, -0.2) is 4.79 Å². The number of rotatable bonds is 5. The maximum Gasteiger partial charge on any atom is 0.329 e. The normalized spacial score (nSPS) is 20.1. The molecule has 1 unspecified atom stereocenters. The van der Waals surface area contributed by atoms with Gasteiger partial charge in [-0.15, -0.1) is 0 Å². The van der Waals surface area contributed by atoms with E-state index in [4.69, 9.17) is 15.6 Å². The lowest BCUT2D eigenvalue weighted by atomic mass is 9.76. The second kappa shape index (κ2) is 4.59. The van der Waals surface area contributed by atoms with Gasteiger partial charge < -0.3 is 20.9 Å². The summed E-state index contributed by atoms with van der Waals surface area (Å²) in [5.74, 6) is -1.45. The van der Waals surface area contributed by atoms with Crippen LogP contribution in [0.5, 0.6) is 0 Å². The van der Waals surface area contributed by atoms with Gasteiger partial charge in [0, 0.05) is 13.7 Å². The van der Waals surface area contributed by atoms with Gasteiger partial charge in [0.15, 0.2) is 0 Å². The number of ether oxygens (including phenoxy) is 1. The lowest BCUT2D eigenvalue weighted by Gasteiger charge is -2.38. The molecule has 1 aliphatic carbocycles. The van der Waals surface area contributed by atoms with Crippen molar-refractivity contribution in [1.29, 1.82) is 0 Å². The fraction of sp³-hybridized carbons (Fsp3) is 0.778. The minimum Gasteiger partial charge on any atom is -0.480 e. The molecule has 0 aliphatic heterocycles. The van der Waals surface area contributed by atoms with Gasteiger partial charge in [0.1, 0.15) is 11.6 Å². The zero-order valence-electron chi connectivity index (χ0n) is 8.66. The number of carbonyl (C=O) groups is 2. The van der Waals surface area contributed by atoms with Crippen LogP contribution in [0, 0.1) is 0 Å². The zero-order chi connectivity index (χ0) is 11.5. The van der Waals surface area contributed by atoms with Crippen molar-refractivity contribution >= 4 is 11.9 Å². The second-order valence-electron chi connectivity index (χ2n) is 3.69. The van der Waals surface area contributed by atoms with Crippen LogP contribution < -0.4 is 11.1 Å². The maximum absolute atomic E-state index is 11.5. The number of carboxylic acids is 1. The first-order chi connectivity index (χ1) is 7.05. The summed E-state index contributed by atoms with van der Waals surface area (Å²) >= 11 is 0. The third-order valence-corrected chi connectivity index (χ3v) is 2.77. The van der Waals surface area contributed by atoms with E-state index in [1.165, 1.54) is 7.11 Å². The Labute approximate surface area is 87.8 Å². The quantitative estimate of drug-likeness (QED) is 0.552. The predicted octanol–water partition coefficient (Wildman–Crippen LogP) is -0.916. The van der Waals surface area contributed by atoms with Crippen LogP contribution in [0.4, 0.5) is 0 Å². The molecular weight excluding hydrogens is 200 g/mol. The highest BCUT2D eigenvalue weighted by atomic mass is 16.5. The van der Waals surface area contributed by atoms with E-state index in [2.05, 4.69) is 5.32 Å². The summed E-state index contributed by atoms with van der Waals surface area (Å²) in [5.41, 5.74) is 4.21. The minimum atomic E-state index is -1.09. The van der Waals surface area contributed by atoms with Crippen molar-refractivity contribution in [2.75, 3.05) is 13.7 Å². The van der Waals surface area contributed by atoms with Crippen LogP contribution >= 0.6 is 0 Å². The van der Waals surface area contributed by atoms with Crippen molar-refractivity contribution in [1.82, 2.24) is 5.32 Å². The van der Waals surface area contributed by atoms with E-state index in [-0.39, 0.29) is 6.54 Å². The van der Waals surface area contributed by atoms with Crippen LogP contribution in [0.25, 0.3) is 0 Å². The molecule has 1 fully saturated rings. The Morgan fingerprint density at radius 2 is 2.20 bits per heavy atom. The summed E-state index contributed by atoms with van der Waals surface area (Å²) in [6.07, 6.45) is 0.971.